The topological polar surface area (TPSA) is 33.7 Å². The quantitative estimate of drug-likeness (QED) is 0.912. The third-order valence-electron chi connectivity index (χ3n) is 4.34. The van der Waals surface area contributed by atoms with Gasteiger partial charge in [0.2, 0.25) is 0 Å². The van der Waals surface area contributed by atoms with E-state index in [1.165, 1.54) is 5.56 Å². The van der Waals surface area contributed by atoms with Crippen LogP contribution in [0.15, 0.2) is 35.0 Å². The molecule has 0 saturated carbocycles. The van der Waals surface area contributed by atoms with Gasteiger partial charge in [-0.05, 0) is 47.5 Å². The summed E-state index contributed by atoms with van der Waals surface area (Å²) in [5.41, 5.74) is 2.43. The van der Waals surface area contributed by atoms with Crippen molar-refractivity contribution in [2.24, 2.45) is 0 Å². The predicted octanol–water partition coefficient (Wildman–Crippen LogP) is 3.15. The van der Waals surface area contributed by atoms with Crippen molar-refractivity contribution in [1.82, 2.24) is 10.2 Å². The standard InChI is InChI=1S/C18H24N2O2S/c1-21-15-5-3-6-16(22-2)17(15)18(14-7-12-23-13-14)20-10-4-8-19-9-11-20/h3,5-7,12-13,18-19H,4,8-11H2,1-2H3. The molecule has 1 aromatic carbocycles. The second kappa shape index (κ2) is 7.81. The van der Waals surface area contributed by atoms with Gasteiger partial charge in [-0.25, -0.2) is 0 Å². The average Bonchev–Trinajstić information content (AvgIpc) is 2.98. The van der Waals surface area contributed by atoms with E-state index in [1.54, 1.807) is 25.6 Å². The predicted molar refractivity (Wildman–Crippen MR) is 94.8 cm³/mol. The average molecular weight is 332 g/mol. The number of methoxy groups -OCH3 is 2. The molecule has 0 aliphatic carbocycles. The van der Waals surface area contributed by atoms with Crippen molar-refractivity contribution in [3.8, 4) is 11.5 Å². The van der Waals surface area contributed by atoms with Crippen molar-refractivity contribution in [2.75, 3.05) is 40.4 Å². The van der Waals surface area contributed by atoms with Crippen molar-refractivity contribution in [1.29, 1.82) is 0 Å². The molecule has 4 nitrogen and oxygen atoms in total. The van der Waals surface area contributed by atoms with Gasteiger partial charge in [0.25, 0.3) is 0 Å². The SMILES string of the molecule is COc1cccc(OC)c1C(c1ccsc1)N1CCCNCC1. The second-order valence-corrected chi connectivity index (χ2v) is 6.45. The summed E-state index contributed by atoms with van der Waals surface area (Å²) >= 11 is 1.73. The van der Waals surface area contributed by atoms with Crippen LogP contribution in [0.5, 0.6) is 11.5 Å². The van der Waals surface area contributed by atoms with Crippen molar-refractivity contribution in [3.05, 3.63) is 46.2 Å². The first kappa shape index (κ1) is 16.3. The highest BCUT2D eigenvalue weighted by atomic mass is 32.1. The van der Waals surface area contributed by atoms with Gasteiger partial charge in [-0.3, -0.25) is 4.90 Å². The first-order chi connectivity index (χ1) is 11.3. The van der Waals surface area contributed by atoms with Crippen molar-refractivity contribution in [2.45, 2.75) is 12.5 Å². The van der Waals surface area contributed by atoms with Crippen LogP contribution < -0.4 is 14.8 Å². The minimum absolute atomic E-state index is 0.159. The molecule has 124 valence electrons. The van der Waals surface area contributed by atoms with Crippen LogP contribution in [-0.4, -0.2) is 45.3 Å². The summed E-state index contributed by atoms with van der Waals surface area (Å²) in [6, 6.07) is 8.39. The molecule has 1 atom stereocenters. The molecular weight excluding hydrogens is 308 g/mol. The van der Waals surface area contributed by atoms with Gasteiger partial charge in [0.05, 0.1) is 25.8 Å². The lowest BCUT2D eigenvalue weighted by atomic mass is 9.97. The van der Waals surface area contributed by atoms with Crippen LogP contribution in [0.3, 0.4) is 0 Å². The van der Waals surface area contributed by atoms with E-state index >= 15 is 0 Å². The highest BCUT2D eigenvalue weighted by molar-refractivity contribution is 7.08. The van der Waals surface area contributed by atoms with Crippen molar-refractivity contribution in [3.63, 3.8) is 0 Å². The summed E-state index contributed by atoms with van der Waals surface area (Å²) in [5.74, 6) is 1.77. The number of ether oxygens (including phenoxy) is 2. The van der Waals surface area contributed by atoms with Crippen molar-refractivity contribution < 1.29 is 9.47 Å². The third-order valence-corrected chi connectivity index (χ3v) is 5.04. The Hall–Kier alpha value is -1.56. The van der Waals surface area contributed by atoms with Gasteiger partial charge in [0.1, 0.15) is 11.5 Å². The zero-order valence-corrected chi connectivity index (χ0v) is 14.6. The molecule has 0 bridgehead atoms. The molecule has 23 heavy (non-hydrogen) atoms. The van der Waals surface area contributed by atoms with Crippen LogP contribution in [0.25, 0.3) is 0 Å². The van der Waals surface area contributed by atoms with Crippen molar-refractivity contribution >= 4 is 11.3 Å². The molecule has 1 saturated heterocycles. The lowest BCUT2D eigenvalue weighted by Crippen LogP contribution is -2.33. The van der Waals surface area contributed by atoms with E-state index < -0.39 is 0 Å². The van der Waals surface area contributed by atoms with Crippen LogP contribution in [0.2, 0.25) is 0 Å². The lowest BCUT2D eigenvalue weighted by molar-refractivity contribution is 0.231. The number of hydrogen-bond donors (Lipinski definition) is 1. The Kier molecular flexibility index (Phi) is 5.54. The van der Waals surface area contributed by atoms with E-state index in [2.05, 4.69) is 27.0 Å². The summed E-state index contributed by atoms with van der Waals surface area (Å²) in [6.45, 7) is 4.17. The third kappa shape index (κ3) is 3.52. The maximum Gasteiger partial charge on any atom is 0.127 e. The Labute approximate surface area is 142 Å². The van der Waals surface area contributed by atoms with Crippen LogP contribution in [-0.2, 0) is 0 Å². The van der Waals surface area contributed by atoms with Gasteiger partial charge >= 0.3 is 0 Å². The molecule has 0 spiro atoms. The minimum Gasteiger partial charge on any atom is -0.496 e. The fraction of sp³-hybridized carbons (Fsp3) is 0.444. The van der Waals surface area contributed by atoms with Crippen LogP contribution in [0, 0.1) is 0 Å². The molecule has 2 aromatic rings. The van der Waals surface area contributed by atoms with E-state index in [0.29, 0.717) is 0 Å². The molecule has 2 heterocycles. The van der Waals surface area contributed by atoms with E-state index in [1.807, 2.05) is 18.2 Å². The molecular formula is C18H24N2O2S. The van der Waals surface area contributed by atoms with Crippen LogP contribution in [0.4, 0.5) is 0 Å². The number of nitrogens with one attached hydrogen (secondary N) is 1. The van der Waals surface area contributed by atoms with Gasteiger partial charge in [0.15, 0.2) is 0 Å². The Morgan fingerprint density at radius 2 is 1.87 bits per heavy atom. The van der Waals surface area contributed by atoms with E-state index in [0.717, 1.165) is 49.7 Å². The van der Waals surface area contributed by atoms with Gasteiger partial charge in [-0.2, -0.15) is 11.3 Å². The highest BCUT2D eigenvalue weighted by Gasteiger charge is 2.29. The first-order valence-electron chi connectivity index (χ1n) is 8.03. The Bertz CT molecular complexity index is 585. The van der Waals surface area contributed by atoms with Crippen LogP contribution >= 0.6 is 11.3 Å². The molecule has 3 rings (SSSR count). The molecule has 1 aliphatic heterocycles. The fourth-order valence-corrected chi connectivity index (χ4v) is 3.94. The number of hydrogen-bond acceptors (Lipinski definition) is 5. The lowest BCUT2D eigenvalue weighted by Gasteiger charge is -2.32. The maximum absolute atomic E-state index is 5.67. The summed E-state index contributed by atoms with van der Waals surface area (Å²) < 4.78 is 11.3. The van der Waals surface area contributed by atoms with Gasteiger partial charge in [-0.15, -0.1) is 0 Å². The molecule has 1 N–H and O–H groups in total. The number of nitrogens with zero attached hydrogens (tertiary/aromatic N) is 1. The van der Waals surface area contributed by atoms with Gasteiger partial charge < -0.3 is 14.8 Å². The van der Waals surface area contributed by atoms with E-state index in [-0.39, 0.29) is 6.04 Å². The summed E-state index contributed by atoms with van der Waals surface area (Å²) in [5, 5.41) is 7.85. The molecule has 0 radical (unpaired) electrons. The Morgan fingerprint density at radius 1 is 1.09 bits per heavy atom. The normalized spacial score (nSPS) is 17.5. The van der Waals surface area contributed by atoms with E-state index in [4.69, 9.17) is 9.47 Å². The number of rotatable bonds is 5. The number of benzene rings is 1. The molecule has 1 aliphatic rings. The molecule has 0 amide bonds. The Balaban J connectivity index is 2.08. The zero-order valence-electron chi connectivity index (χ0n) is 13.7. The summed E-state index contributed by atoms with van der Waals surface area (Å²) in [4.78, 5) is 2.53. The monoisotopic (exact) mass is 332 g/mol. The summed E-state index contributed by atoms with van der Waals surface area (Å²) in [6.07, 6.45) is 1.15. The molecule has 5 heteroatoms. The largest absolute Gasteiger partial charge is 0.496 e. The highest BCUT2D eigenvalue weighted by Crippen LogP contribution is 2.41. The second-order valence-electron chi connectivity index (χ2n) is 5.67. The molecule has 1 fully saturated rings. The molecule has 1 unspecified atom stereocenters. The maximum atomic E-state index is 5.67. The first-order valence-corrected chi connectivity index (χ1v) is 8.97. The van der Waals surface area contributed by atoms with Gasteiger partial charge in [0, 0.05) is 19.6 Å². The van der Waals surface area contributed by atoms with E-state index in [9.17, 15) is 0 Å². The zero-order chi connectivity index (χ0) is 16.1. The smallest absolute Gasteiger partial charge is 0.127 e. The summed E-state index contributed by atoms with van der Waals surface area (Å²) in [7, 11) is 3.46. The minimum atomic E-state index is 0.159. The van der Waals surface area contributed by atoms with Gasteiger partial charge in [-0.1, -0.05) is 6.07 Å². The fourth-order valence-electron chi connectivity index (χ4n) is 3.26. The molecule has 1 aromatic heterocycles. The number of thiophene rings is 1. The van der Waals surface area contributed by atoms with Crippen LogP contribution in [0.1, 0.15) is 23.6 Å². The Morgan fingerprint density at radius 3 is 2.52 bits per heavy atom.